The summed E-state index contributed by atoms with van der Waals surface area (Å²) in [5, 5.41) is 2.79. The maximum Gasteiger partial charge on any atom is 0.262 e. The quantitative estimate of drug-likeness (QED) is 0.789. The molecule has 9 heteroatoms. The molecule has 0 saturated carbocycles. The monoisotopic (exact) mass is 408 g/mol. The molecule has 1 atom stereocenters. The predicted molar refractivity (Wildman–Crippen MR) is 105 cm³/mol. The third-order valence-corrected chi connectivity index (χ3v) is 6.80. The number of anilines is 2. The Balaban J connectivity index is 1.95. The van der Waals surface area contributed by atoms with Crippen molar-refractivity contribution in [3.63, 3.8) is 0 Å². The highest BCUT2D eigenvalue weighted by molar-refractivity contribution is 7.99. The lowest BCUT2D eigenvalue weighted by Gasteiger charge is -2.14. The van der Waals surface area contributed by atoms with Crippen molar-refractivity contribution in [1.29, 1.82) is 0 Å². The molecule has 27 heavy (non-hydrogen) atoms. The van der Waals surface area contributed by atoms with E-state index in [1.165, 1.54) is 38.1 Å². The van der Waals surface area contributed by atoms with Crippen LogP contribution in [-0.4, -0.2) is 34.3 Å². The number of thioether (sulfide) groups is 1. The fraction of sp³-hybridized carbons (Fsp3) is 0.278. The van der Waals surface area contributed by atoms with E-state index in [9.17, 15) is 13.2 Å². The highest BCUT2D eigenvalue weighted by Gasteiger charge is 2.23. The lowest BCUT2D eigenvalue weighted by atomic mass is 10.2. The van der Waals surface area contributed by atoms with Gasteiger partial charge < -0.3 is 14.8 Å². The maximum atomic E-state index is 12.9. The molecular formula is C18H20N2O5S2. The minimum Gasteiger partial charge on any atom is -0.497 e. The summed E-state index contributed by atoms with van der Waals surface area (Å²) < 4.78 is 38.6. The third-order valence-electron chi connectivity index (χ3n) is 4.11. The molecule has 1 unspecified atom stereocenters. The van der Waals surface area contributed by atoms with Gasteiger partial charge in [-0.15, -0.1) is 11.8 Å². The van der Waals surface area contributed by atoms with Crippen LogP contribution in [0, 0.1) is 5.92 Å². The molecule has 2 aromatic carbocycles. The lowest BCUT2D eigenvalue weighted by molar-refractivity contribution is -0.118. The molecule has 0 saturated heterocycles. The van der Waals surface area contributed by atoms with E-state index in [0.29, 0.717) is 22.9 Å². The Kier molecular flexibility index (Phi) is 5.52. The fourth-order valence-corrected chi connectivity index (χ4v) is 4.64. The molecule has 0 fully saturated rings. The van der Waals surface area contributed by atoms with Crippen LogP contribution in [-0.2, 0) is 14.8 Å². The van der Waals surface area contributed by atoms with Crippen LogP contribution in [0.25, 0.3) is 0 Å². The molecule has 0 spiro atoms. The van der Waals surface area contributed by atoms with Gasteiger partial charge in [-0.05, 0) is 30.3 Å². The van der Waals surface area contributed by atoms with Gasteiger partial charge in [-0.1, -0.05) is 6.92 Å². The molecule has 2 N–H and O–H groups in total. The fourth-order valence-electron chi connectivity index (χ4n) is 2.54. The number of hydrogen-bond acceptors (Lipinski definition) is 6. The molecule has 7 nitrogen and oxygen atoms in total. The van der Waals surface area contributed by atoms with Crippen molar-refractivity contribution >= 4 is 39.1 Å². The Morgan fingerprint density at radius 3 is 2.63 bits per heavy atom. The first-order valence-corrected chi connectivity index (χ1v) is 10.6. The first-order chi connectivity index (χ1) is 12.8. The number of methoxy groups -OCH3 is 2. The summed E-state index contributed by atoms with van der Waals surface area (Å²) in [6.07, 6.45) is 0. The van der Waals surface area contributed by atoms with Crippen molar-refractivity contribution in [2.75, 3.05) is 30.0 Å². The molecule has 0 radical (unpaired) electrons. The Morgan fingerprint density at radius 2 is 1.93 bits per heavy atom. The predicted octanol–water partition coefficient (Wildman–Crippen LogP) is 3.18. The second kappa shape index (κ2) is 7.69. The van der Waals surface area contributed by atoms with Gasteiger partial charge in [-0.2, -0.15) is 0 Å². The normalized spacial score (nSPS) is 16.7. The van der Waals surface area contributed by atoms with Gasteiger partial charge in [0.2, 0.25) is 5.91 Å². The summed E-state index contributed by atoms with van der Waals surface area (Å²) in [4.78, 5) is 12.9. The van der Waals surface area contributed by atoms with E-state index < -0.39 is 10.0 Å². The number of ether oxygens (including phenoxy) is 2. The molecular weight excluding hydrogens is 388 g/mol. The molecule has 3 rings (SSSR count). The Hall–Kier alpha value is -2.39. The molecule has 0 aliphatic carbocycles. The highest BCUT2D eigenvalue weighted by atomic mass is 32.2. The van der Waals surface area contributed by atoms with Gasteiger partial charge in [0.05, 0.1) is 30.5 Å². The molecule has 1 amide bonds. The van der Waals surface area contributed by atoms with E-state index >= 15 is 0 Å². The van der Waals surface area contributed by atoms with Crippen molar-refractivity contribution < 1.29 is 22.7 Å². The van der Waals surface area contributed by atoms with E-state index in [-0.39, 0.29) is 22.4 Å². The van der Waals surface area contributed by atoms with Crippen molar-refractivity contribution in [1.82, 2.24) is 0 Å². The van der Waals surface area contributed by atoms with Crippen LogP contribution >= 0.6 is 11.8 Å². The topological polar surface area (TPSA) is 93.7 Å². The van der Waals surface area contributed by atoms with Gasteiger partial charge in [0.15, 0.2) is 0 Å². The minimum absolute atomic E-state index is 0.0431. The van der Waals surface area contributed by atoms with E-state index in [1.54, 1.807) is 24.3 Å². The zero-order chi connectivity index (χ0) is 19.6. The number of amides is 1. The van der Waals surface area contributed by atoms with Gasteiger partial charge in [-0.3, -0.25) is 9.52 Å². The summed E-state index contributed by atoms with van der Waals surface area (Å²) in [7, 11) is -0.945. The van der Waals surface area contributed by atoms with Gasteiger partial charge in [0.1, 0.15) is 11.5 Å². The summed E-state index contributed by atoms with van der Waals surface area (Å²) in [5.41, 5.74) is 0.758. The standard InChI is InChI=1S/C18H20N2O5S2/c1-11-10-26-17-7-5-13(9-15(17)19-18(11)21)27(22,23)20-14-8-12(24-2)4-6-16(14)25-3/h4-9,11,20H,10H2,1-3H3,(H,19,21). The number of carbonyl (C=O) groups is 1. The van der Waals surface area contributed by atoms with Crippen LogP contribution in [0.4, 0.5) is 11.4 Å². The van der Waals surface area contributed by atoms with E-state index in [0.717, 1.165) is 4.90 Å². The smallest absolute Gasteiger partial charge is 0.262 e. The number of benzene rings is 2. The first kappa shape index (κ1) is 19.4. The van der Waals surface area contributed by atoms with Crippen molar-refractivity contribution in [2.24, 2.45) is 5.92 Å². The maximum absolute atomic E-state index is 12.9. The van der Waals surface area contributed by atoms with Gasteiger partial charge >= 0.3 is 0 Å². The van der Waals surface area contributed by atoms with Crippen LogP contribution in [0.1, 0.15) is 6.92 Å². The van der Waals surface area contributed by atoms with Crippen molar-refractivity contribution in [3.8, 4) is 11.5 Å². The first-order valence-electron chi connectivity index (χ1n) is 8.16. The van der Waals surface area contributed by atoms with Gasteiger partial charge in [0.25, 0.3) is 10.0 Å². The van der Waals surface area contributed by atoms with Crippen molar-refractivity contribution in [3.05, 3.63) is 36.4 Å². The number of nitrogens with one attached hydrogen (secondary N) is 2. The second-order valence-electron chi connectivity index (χ2n) is 6.03. The minimum atomic E-state index is -3.89. The van der Waals surface area contributed by atoms with Crippen LogP contribution in [0.15, 0.2) is 46.2 Å². The van der Waals surface area contributed by atoms with Crippen LogP contribution in [0.5, 0.6) is 11.5 Å². The summed E-state index contributed by atoms with van der Waals surface area (Å²) >= 11 is 1.52. The average Bonchev–Trinajstić information content (AvgIpc) is 2.79. The lowest BCUT2D eigenvalue weighted by Crippen LogP contribution is -2.20. The average molecular weight is 409 g/mol. The van der Waals surface area contributed by atoms with Gasteiger partial charge in [-0.25, -0.2) is 8.42 Å². The van der Waals surface area contributed by atoms with E-state index in [2.05, 4.69) is 10.0 Å². The Labute approximate surface area is 162 Å². The Bertz CT molecular complexity index is 976. The van der Waals surface area contributed by atoms with Crippen LogP contribution in [0.3, 0.4) is 0 Å². The Morgan fingerprint density at radius 1 is 1.15 bits per heavy atom. The molecule has 1 aliphatic rings. The molecule has 0 aromatic heterocycles. The summed E-state index contributed by atoms with van der Waals surface area (Å²) in [6.45, 7) is 1.84. The van der Waals surface area contributed by atoms with Crippen LogP contribution < -0.4 is 19.5 Å². The van der Waals surface area contributed by atoms with E-state index in [1.807, 2.05) is 6.92 Å². The SMILES string of the molecule is COc1ccc(OC)c(NS(=O)(=O)c2ccc3c(c2)NC(=O)C(C)CS3)c1. The molecule has 2 aromatic rings. The number of hydrogen-bond donors (Lipinski definition) is 2. The molecule has 1 heterocycles. The number of rotatable bonds is 5. The number of sulfonamides is 1. The largest absolute Gasteiger partial charge is 0.497 e. The summed E-state index contributed by atoms with van der Waals surface area (Å²) in [6, 6.07) is 9.52. The molecule has 144 valence electrons. The zero-order valence-electron chi connectivity index (χ0n) is 15.1. The number of fused-ring (bicyclic) bond motifs is 1. The zero-order valence-corrected chi connectivity index (χ0v) is 16.7. The second-order valence-corrected chi connectivity index (χ2v) is 8.78. The molecule has 1 aliphatic heterocycles. The third kappa shape index (κ3) is 4.14. The highest BCUT2D eigenvalue weighted by Crippen LogP contribution is 2.35. The summed E-state index contributed by atoms with van der Waals surface area (Å²) in [5.74, 6) is 1.23. The van der Waals surface area contributed by atoms with E-state index in [4.69, 9.17) is 9.47 Å². The van der Waals surface area contributed by atoms with Gasteiger partial charge in [0, 0.05) is 22.6 Å². The molecule has 0 bridgehead atoms. The number of carbonyl (C=O) groups excluding carboxylic acids is 1. The van der Waals surface area contributed by atoms with Crippen LogP contribution in [0.2, 0.25) is 0 Å². The van der Waals surface area contributed by atoms with Crippen molar-refractivity contribution in [2.45, 2.75) is 16.7 Å².